The van der Waals surface area contributed by atoms with E-state index >= 15 is 0 Å². The number of aromatic nitrogens is 3. The van der Waals surface area contributed by atoms with Crippen LogP contribution in [0, 0.1) is 0 Å². The molecule has 0 atom stereocenters. The Kier molecular flexibility index (Phi) is 5.87. The lowest BCUT2D eigenvalue weighted by Gasteiger charge is -2.18. The van der Waals surface area contributed by atoms with Crippen molar-refractivity contribution >= 4 is 43.9 Å². The first-order valence-corrected chi connectivity index (χ1v) is 13.5. The molecular formula is C29H21ClN4O2S. The average molecular weight is 525 g/mol. The zero-order valence-electron chi connectivity index (χ0n) is 19.5. The van der Waals surface area contributed by atoms with Crippen LogP contribution in [0.25, 0.3) is 33.6 Å². The standard InChI is InChI=1S/C29H21ClN4O2S/c30-26-11-5-4-10-24(26)27-17-20(12-15-32-27)23-13-16-33-29-25(23)18-28(21-7-6-14-31-19-21)34(29)37(35,36)22-8-2-1-3-9-22/h1-14,16-19,32H,15H2. The van der Waals surface area contributed by atoms with Gasteiger partial charge < -0.3 is 5.32 Å². The van der Waals surface area contributed by atoms with Crippen LogP contribution in [-0.2, 0) is 10.0 Å². The van der Waals surface area contributed by atoms with Gasteiger partial charge in [0, 0.05) is 52.4 Å². The monoisotopic (exact) mass is 524 g/mol. The highest BCUT2D eigenvalue weighted by atomic mass is 35.5. The van der Waals surface area contributed by atoms with Gasteiger partial charge in [0.25, 0.3) is 10.0 Å². The number of nitrogens with one attached hydrogen (secondary N) is 1. The predicted molar refractivity (Wildman–Crippen MR) is 147 cm³/mol. The fourth-order valence-corrected chi connectivity index (χ4v) is 6.30. The zero-order chi connectivity index (χ0) is 25.4. The molecule has 0 saturated carbocycles. The summed E-state index contributed by atoms with van der Waals surface area (Å²) in [5, 5.41) is 4.77. The van der Waals surface area contributed by atoms with Crippen LogP contribution in [0.2, 0.25) is 5.02 Å². The second kappa shape index (κ2) is 9.35. The topological polar surface area (TPSA) is 76.9 Å². The number of dihydropyridines is 1. The summed E-state index contributed by atoms with van der Waals surface area (Å²) >= 11 is 6.46. The molecular weight excluding hydrogens is 504 g/mol. The summed E-state index contributed by atoms with van der Waals surface area (Å²) in [4.78, 5) is 8.95. The van der Waals surface area contributed by atoms with Crippen molar-refractivity contribution in [2.24, 2.45) is 0 Å². The summed E-state index contributed by atoms with van der Waals surface area (Å²) in [6, 6.07) is 23.5. The van der Waals surface area contributed by atoms with Crippen LogP contribution in [-0.4, -0.2) is 28.9 Å². The first-order valence-electron chi connectivity index (χ1n) is 11.7. The van der Waals surface area contributed by atoms with Crippen molar-refractivity contribution in [3.8, 4) is 11.3 Å². The van der Waals surface area contributed by atoms with Gasteiger partial charge in [0.1, 0.15) is 0 Å². The van der Waals surface area contributed by atoms with Gasteiger partial charge in [0.15, 0.2) is 5.65 Å². The van der Waals surface area contributed by atoms with Gasteiger partial charge in [-0.2, -0.15) is 0 Å². The lowest BCUT2D eigenvalue weighted by atomic mass is 9.98. The summed E-state index contributed by atoms with van der Waals surface area (Å²) in [7, 11) is -3.95. The smallest absolute Gasteiger partial charge is 0.269 e. The Balaban J connectivity index is 1.59. The van der Waals surface area contributed by atoms with Gasteiger partial charge >= 0.3 is 0 Å². The Morgan fingerprint density at radius 3 is 2.49 bits per heavy atom. The molecule has 0 fully saturated rings. The van der Waals surface area contributed by atoms with Crippen LogP contribution in [0.5, 0.6) is 0 Å². The minimum Gasteiger partial charge on any atom is -0.381 e. The van der Waals surface area contributed by atoms with Crippen LogP contribution >= 0.6 is 11.6 Å². The number of benzene rings is 2. The first-order chi connectivity index (χ1) is 18.0. The summed E-state index contributed by atoms with van der Waals surface area (Å²) in [6.07, 6.45) is 9.07. The van der Waals surface area contributed by atoms with Crippen molar-refractivity contribution in [2.45, 2.75) is 4.90 Å². The summed E-state index contributed by atoms with van der Waals surface area (Å²) in [5.41, 5.74) is 5.16. The number of rotatable bonds is 5. The van der Waals surface area contributed by atoms with Gasteiger partial charge in [-0.1, -0.05) is 54.1 Å². The molecule has 0 amide bonds. The molecule has 3 aromatic heterocycles. The molecule has 0 bridgehead atoms. The Labute approximate surface area is 219 Å². The Bertz CT molecular complexity index is 1790. The molecule has 4 heterocycles. The van der Waals surface area contributed by atoms with E-state index in [2.05, 4.69) is 21.4 Å². The third-order valence-electron chi connectivity index (χ3n) is 6.29. The lowest BCUT2D eigenvalue weighted by Crippen LogP contribution is -2.16. The second-order valence-corrected chi connectivity index (χ2v) is 10.7. The Morgan fingerprint density at radius 1 is 0.892 bits per heavy atom. The van der Waals surface area contributed by atoms with Gasteiger partial charge in [0.05, 0.1) is 10.6 Å². The molecule has 6 rings (SSSR count). The molecule has 0 spiro atoms. The van der Waals surface area contributed by atoms with E-state index < -0.39 is 10.0 Å². The van der Waals surface area contributed by atoms with Crippen molar-refractivity contribution in [2.75, 3.05) is 6.54 Å². The Morgan fingerprint density at radius 2 is 1.70 bits per heavy atom. The van der Waals surface area contributed by atoms with Gasteiger partial charge in [-0.15, -0.1) is 0 Å². The first kappa shape index (κ1) is 23.2. The van der Waals surface area contributed by atoms with Gasteiger partial charge in [-0.3, -0.25) is 4.98 Å². The highest BCUT2D eigenvalue weighted by molar-refractivity contribution is 7.90. The van der Waals surface area contributed by atoms with E-state index in [1.54, 1.807) is 55.0 Å². The maximum atomic E-state index is 13.9. The Hall–Kier alpha value is -4.20. The molecule has 5 aromatic rings. The van der Waals surface area contributed by atoms with E-state index in [0.29, 0.717) is 28.5 Å². The number of fused-ring (bicyclic) bond motifs is 1. The molecule has 1 aliphatic rings. The number of allylic oxidation sites excluding steroid dienone is 2. The maximum Gasteiger partial charge on any atom is 0.269 e. The van der Waals surface area contributed by atoms with Gasteiger partial charge in [-0.25, -0.2) is 17.4 Å². The van der Waals surface area contributed by atoms with E-state index in [0.717, 1.165) is 27.8 Å². The highest BCUT2D eigenvalue weighted by Crippen LogP contribution is 2.36. The fourth-order valence-electron chi connectivity index (χ4n) is 4.56. The molecule has 8 heteroatoms. The van der Waals surface area contributed by atoms with E-state index in [1.807, 2.05) is 48.5 Å². The van der Waals surface area contributed by atoms with Crippen LogP contribution in [0.4, 0.5) is 0 Å². The maximum absolute atomic E-state index is 13.9. The lowest BCUT2D eigenvalue weighted by molar-refractivity contribution is 0.589. The zero-order valence-corrected chi connectivity index (χ0v) is 21.1. The SMILES string of the molecule is O=S(=O)(c1ccccc1)n1c(-c2cccnc2)cc2c(C3=CCNC(c4ccccc4Cl)=C3)ccnc21. The quantitative estimate of drug-likeness (QED) is 0.304. The molecule has 6 nitrogen and oxygen atoms in total. The van der Waals surface area contributed by atoms with Crippen LogP contribution in [0.3, 0.4) is 0 Å². The summed E-state index contributed by atoms with van der Waals surface area (Å²) < 4.78 is 29.2. The molecule has 0 radical (unpaired) electrons. The van der Waals surface area contributed by atoms with Gasteiger partial charge in [-0.05, 0) is 59.7 Å². The molecule has 2 aromatic carbocycles. The predicted octanol–water partition coefficient (Wildman–Crippen LogP) is 6.02. The highest BCUT2D eigenvalue weighted by Gasteiger charge is 2.26. The number of pyridine rings is 2. The number of hydrogen-bond donors (Lipinski definition) is 1. The minimum absolute atomic E-state index is 0.187. The number of hydrogen-bond acceptors (Lipinski definition) is 5. The molecule has 1 N–H and O–H groups in total. The largest absolute Gasteiger partial charge is 0.381 e. The third kappa shape index (κ3) is 4.12. The van der Waals surface area contributed by atoms with Crippen molar-refractivity contribution in [1.82, 2.24) is 19.3 Å². The van der Waals surface area contributed by atoms with Crippen molar-refractivity contribution < 1.29 is 8.42 Å². The number of nitrogens with zero attached hydrogens (tertiary/aromatic N) is 3. The third-order valence-corrected chi connectivity index (χ3v) is 8.34. The fraction of sp³-hybridized carbons (Fsp3) is 0.0345. The summed E-state index contributed by atoms with van der Waals surface area (Å²) in [5.74, 6) is 0. The number of halogens is 1. The molecule has 37 heavy (non-hydrogen) atoms. The molecule has 1 aliphatic heterocycles. The van der Waals surface area contributed by atoms with E-state index in [9.17, 15) is 8.42 Å². The van der Waals surface area contributed by atoms with Crippen molar-refractivity contribution in [3.05, 3.63) is 126 Å². The van der Waals surface area contributed by atoms with Crippen molar-refractivity contribution in [1.29, 1.82) is 0 Å². The molecule has 182 valence electrons. The minimum atomic E-state index is -3.95. The van der Waals surface area contributed by atoms with E-state index in [4.69, 9.17) is 11.6 Å². The van der Waals surface area contributed by atoms with E-state index in [1.165, 1.54) is 3.97 Å². The summed E-state index contributed by atoms with van der Waals surface area (Å²) in [6.45, 7) is 0.606. The normalized spacial score (nSPS) is 13.6. The van der Waals surface area contributed by atoms with Crippen LogP contribution in [0.1, 0.15) is 11.1 Å². The molecule has 0 aliphatic carbocycles. The average Bonchev–Trinajstić information content (AvgIpc) is 3.35. The van der Waals surface area contributed by atoms with Crippen molar-refractivity contribution in [3.63, 3.8) is 0 Å². The molecule has 0 unspecified atom stereocenters. The van der Waals surface area contributed by atoms with Crippen LogP contribution in [0.15, 0.2) is 115 Å². The van der Waals surface area contributed by atoms with E-state index in [-0.39, 0.29) is 4.90 Å². The van der Waals surface area contributed by atoms with Crippen LogP contribution < -0.4 is 5.32 Å². The molecule has 0 saturated heterocycles. The van der Waals surface area contributed by atoms with Gasteiger partial charge in [0.2, 0.25) is 0 Å². The second-order valence-electron chi connectivity index (χ2n) is 8.53.